The number of ether oxygens (including phenoxy) is 2. The van der Waals surface area contributed by atoms with Crippen LogP contribution in [0, 0.1) is 0 Å². The first kappa shape index (κ1) is 16.8. The predicted octanol–water partition coefficient (Wildman–Crippen LogP) is 3.05. The Hall–Kier alpha value is -2.30. The Labute approximate surface area is 124 Å². The maximum absolute atomic E-state index is 11.6. The van der Waals surface area contributed by atoms with Crippen molar-refractivity contribution in [3.8, 4) is 0 Å². The number of carbonyl (C=O) groups excluding carboxylic acids is 2. The van der Waals surface area contributed by atoms with Crippen LogP contribution in [0.15, 0.2) is 36.9 Å². The Morgan fingerprint density at radius 1 is 1.24 bits per heavy atom. The standard InChI is InChI=1S/C16H21NO4/c1-5-10-20-14(18)13-8-6-12(7-9-13)11-17-15(19)21-16(2,3)4/h5-9H,1,10-11H2,2-4H3,(H,17,19). The second kappa shape index (κ2) is 7.47. The SMILES string of the molecule is C=CCOC(=O)c1ccc(CNC(=O)OC(C)(C)C)cc1. The van der Waals surface area contributed by atoms with Gasteiger partial charge in [-0.1, -0.05) is 24.8 Å². The molecule has 0 heterocycles. The topological polar surface area (TPSA) is 64.6 Å². The highest BCUT2D eigenvalue weighted by molar-refractivity contribution is 5.89. The summed E-state index contributed by atoms with van der Waals surface area (Å²) in [6, 6.07) is 6.80. The number of amides is 1. The zero-order valence-electron chi connectivity index (χ0n) is 12.6. The van der Waals surface area contributed by atoms with Crippen molar-refractivity contribution in [3.05, 3.63) is 48.0 Å². The van der Waals surface area contributed by atoms with Crippen molar-refractivity contribution in [2.75, 3.05) is 6.61 Å². The molecule has 0 aliphatic heterocycles. The monoisotopic (exact) mass is 291 g/mol. The van der Waals surface area contributed by atoms with E-state index in [1.54, 1.807) is 45.0 Å². The lowest BCUT2D eigenvalue weighted by Crippen LogP contribution is -2.32. The van der Waals surface area contributed by atoms with Crippen LogP contribution < -0.4 is 5.32 Å². The molecule has 0 unspecified atom stereocenters. The molecule has 0 fully saturated rings. The van der Waals surface area contributed by atoms with Crippen LogP contribution in [0.2, 0.25) is 0 Å². The van der Waals surface area contributed by atoms with E-state index >= 15 is 0 Å². The van der Waals surface area contributed by atoms with Gasteiger partial charge in [-0.2, -0.15) is 0 Å². The quantitative estimate of drug-likeness (QED) is 0.669. The van der Waals surface area contributed by atoms with E-state index in [2.05, 4.69) is 11.9 Å². The Balaban J connectivity index is 2.49. The molecule has 1 aromatic rings. The Bertz CT molecular complexity index is 500. The molecule has 1 aromatic carbocycles. The van der Waals surface area contributed by atoms with Crippen molar-refractivity contribution in [2.24, 2.45) is 0 Å². The molecule has 21 heavy (non-hydrogen) atoms. The highest BCUT2D eigenvalue weighted by atomic mass is 16.6. The van der Waals surface area contributed by atoms with Crippen molar-refractivity contribution < 1.29 is 19.1 Å². The fourth-order valence-corrected chi connectivity index (χ4v) is 1.47. The van der Waals surface area contributed by atoms with Gasteiger partial charge in [-0.15, -0.1) is 0 Å². The Kier molecular flexibility index (Phi) is 5.96. The summed E-state index contributed by atoms with van der Waals surface area (Å²) in [6.45, 7) is 9.39. The minimum atomic E-state index is -0.525. The number of hydrogen-bond donors (Lipinski definition) is 1. The van der Waals surface area contributed by atoms with Gasteiger partial charge in [0.15, 0.2) is 0 Å². The van der Waals surface area contributed by atoms with E-state index in [9.17, 15) is 9.59 Å². The van der Waals surface area contributed by atoms with Crippen LogP contribution in [-0.2, 0) is 16.0 Å². The smallest absolute Gasteiger partial charge is 0.407 e. The van der Waals surface area contributed by atoms with Crippen LogP contribution in [0.1, 0.15) is 36.7 Å². The highest BCUT2D eigenvalue weighted by Gasteiger charge is 2.15. The van der Waals surface area contributed by atoms with E-state index in [-0.39, 0.29) is 6.61 Å². The van der Waals surface area contributed by atoms with Crippen molar-refractivity contribution in [3.63, 3.8) is 0 Å². The largest absolute Gasteiger partial charge is 0.458 e. The minimum absolute atomic E-state index is 0.181. The van der Waals surface area contributed by atoms with E-state index in [0.717, 1.165) is 5.56 Å². The number of alkyl carbamates (subject to hydrolysis) is 1. The van der Waals surface area contributed by atoms with Gasteiger partial charge in [0.05, 0.1) is 5.56 Å². The zero-order chi connectivity index (χ0) is 15.9. The number of benzene rings is 1. The van der Waals surface area contributed by atoms with Crippen LogP contribution in [-0.4, -0.2) is 24.3 Å². The van der Waals surface area contributed by atoms with Gasteiger partial charge in [-0.25, -0.2) is 9.59 Å². The van der Waals surface area contributed by atoms with Crippen LogP contribution >= 0.6 is 0 Å². The molecule has 0 atom stereocenters. The molecule has 1 amide bonds. The average Bonchev–Trinajstić information content (AvgIpc) is 2.41. The lowest BCUT2D eigenvalue weighted by molar-refractivity contribution is 0.0519. The average molecular weight is 291 g/mol. The van der Waals surface area contributed by atoms with Gasteiger partial charge in [0.25, 0.3) is 0 Å². The van der Waals surface area contributed by atoms with Crippen molar-refractivity contribution in [1.29, 1.82) is 0 Å². The van der Waals surface area contributed by atoms with Crippen LogP contribution in [0.4, 0.5) is 4.79 Å². The van der Waals surface area contributed by atoms with Gasteiger partial charge < -0.3 is 14.8 Å². The molecule has 5 nitrogen and oxygen atoms in total. The van der Waals surface area contributed by atoms with Crippen LogP contribution in [0.3, 0.4) is 0 Å². The number of hydrogen-bond acceptors (Lipinski definition) is 4. The summed E-state index contributed by atoms with van der Waals surface area (Å²) in [5.41, 5.74) is 0.794. The van der Waals surface area contributed by atoms with E-state index in [4.69, 9.17) is 9.47 Å². The lowest BCUT2D eigenvalue weighted by Gasteiger charge is -2.19. The molecule has 1 rings (SSSR count). The molecule has 0 saturated heterocycles. The Morgan fingerprint density at radius 2 is 1.86 bits per heavy atom. The summed E-state index contributed by atoms with van der Waals surface area (Å²) < 4.78 is 10.1. The number of esters is 1. The molecule has 0 saturated carbocycles. The molecule has 0 aliphatic carbocycles. The second-order valence-electron chi connectivity index (χ2n) is 5.44. The fraction of sp³-hybridized carbons (Fsp3) is 0.375. The lowest BCUT2D eigenvalue weighted by atomic mass is 10.1. The molecule has 0 aromatic heterocycles. The molecular formula is C16H21NO4. The number of nitrogens with one attached hydrogen (secondary N) is 1. The minimum Gasteiger partial charge on any atom is -0.458 e. The van der Waals surface area contributed by atoms with Gasteiger partial charge in [-0.3, -0.25) is 0 Å². The number of rotatable bonds is 5. The first-order valence-corrected chi connectivity index (χ1v) is 6.65. The molecule has 1 N–H and O–H groups in total. The van der Waals surface area contributed by atoms with Crippen molar-refractivity contribution >= 4 is 12.1 Å². The molecule has 0 bridgehead atoms. The molecule has 0 radical (unpaired) electrons. The van der Waals surface area contributed by atoms with Gasteiger partial charge in [0, 0.05) is 6.54 Å². The second-order valence-corrected chi connectivity index (χ2v) is 5.44. The normalized spacial score (nSPS) is 10.6. The highest BCUT2D eigenvalue weighted by Crippen LogP contribution is 2.08. The van der Waals surface area contributed by atoms with Gasteiger partial charge >= 0.3 is 12.1 Å². The third-order valence-electron chi connectivity index (χ3n) is 2.36. The van der Waals surface area contributed by atoms with E-state index in [0.29, 0.717) is 12.1 Å². The summed E-state index contributed by atoms with van der Waals surface area (Å²) in [6.07, 6.45) is 1.04. The maximum atomic E-state index is 11.6. The summed E-state index contributed by atoms with van der Waals surface area (Å²) in [5, 5.41) is 2.65. The van der Waals surface area contributed by atoms with E-state index in [1.165, 1.54) is 6.08 Å². The van der Waals surface area contributed by atoms with Crippen LogP contribution in [0.5, 0.6) is 0 Å². The van der Waals surface area contributed by atoms with Gasteiger partial charge in [-0.05, 0) is 38.5 Å². The Morgan fingerprint density at radius 3 is 2.38 bits per heavy atom. The third kappa shape index (κ3) is 6.61. The summed E-state index contributed by atoms with van der Waals surface area (Å²) >= 11 is 0. The van der Waals surface area contributed by atoms with Crippen molar-refractivity contribution in [2.45, 2.75) is 32.9 Å². The number of carbonyl (C=O) groups is 2. The third-order valence-corrected chi connectivity index (χ3v) is 2.36. The summed E-state index contributed by atoms with van der Waals surface area (Å²) in [7, 11) is 0. The summed E-state index contributed by atoms with van der Waals surface area (Å²) in [4.78, 5) is 23.1. The molecule has 0 spiro atoms. The van der Waals surface area contributed by atoms with Crippen molar-refractivity contribution in [1.82, 2.24) is 5.32 Å². The maximum Gasteiger partial charge on any atom is 0.407 e. The summed E-state index contributed by atoms with van der Waals surface area (Å²) in [5.74, 6) is -0.401. The molecule has 114 valence electrons. The van der Waals surface area contributed by atoms with E-state index < -0.39 is 17.7 Å². The van der Waals surface area contributed by atoms with Gasteiger partial charge in [0.1, 0.15) is 12.2 Å². The molecule has 0 aliphatic rings. The van der Waals surface area contributed by atoms with Crippen LogP contribution in [0.25, 0.3) is 0 Å². The first-order valence-electron chi connectivity index (χ1n) is 6.65. The van der Waals surface area contributed by atoms with Gasteiger partial charge in [0.2, 0.25) is 0 Å². The molecular weight excluding hydrogens is 270 g/mol. The first-order chi connectivity index (χ1) is 9.81. The molecule has 5 heteroatoms. The van der Waals surface area contributed by atoms with E-state index in [1.807, 2.05) is 0 Å². The fourth-order valence-electron chi connectivity index (χ4n) is 1.47. The zero-order valence-corrected chi connectivity index (χ0v) is 12.6. The predicted molar refractivity (Wildman–Crippen MR) is 80.0 cm³/mol.